The summed E-state index contributed by atoms with van der Waals surface area (Å²) < 4.78 is 0. The van der Waals surface area contributed by atoms with Gasteiger partial charge in [0, 0.05) is 94.1 Å². The van der Waals surface area contributed by atoms with E-state index in [0.29, 0.717) is 0 Å². The molecule has 0 saturated carbocycles. The van der Waals surface area contributed by atoms with E-state index in [0.717, 1.165) is 88.3 Å². The predicted octanol–water partition coefficient (Wildman–Crippen LogP) is 14.2. The molecule has 13 nitrogen and oxygen atoms in total. The zero-order valence-electron chi connectivity index (χ0n) is 44.1. The van der Waals surface area contributed by atoms with Crippen LogP contribution in [0.4, 0.5) is 0 Å². The zero-order chi connectivity index (χ0) is 53.8. The molecule has 0 radical (unpaired) electrons. The van der Waals surface area contributed by atoms with E-state index in [2.05, 4.69) is 127 Å². The van der Waals surface area contributed by atoms with E-state index in [1.165, 1.54) is 27.6 Å². The average Bonchev–Trinajstić information content (AvgIpc) is 3.46. The standard InChI is InChI=1S/C10H9N.6C9H8N2/c1-8-4-5-9-3-2-6-11-10(9)7-8;1-7-2-3-8-5-10-6-11-9(8)4-7;1-7-2-3-8-9(6-7)11-5-4-10-8;1-7-2-3-8-4-5-10-11-9(8)6-7;1-7-4-5-8-3-2-6-10-9(8)11-7;1-7-5-9-8(6-11-7)3-2-4-10-9;1-7-5-9-8(11-6-7)3-2-4-10-9/h2-7H,1H3;6*2-6H,1H3. The summed E-state index contributed by atoms with van der Waals surface area (Å²) in [5.41, 5.74) is 16.8. The molecule has 13 heteroatoms. The van der Waals surface area contributed by atoms with Gasteiger partial charge in [-0.3, -0.25) is 34.9 Å². The van der Waals surface area contributed by atoms with Crippen LogP contribution in [0.3, 0.4) is 0 Å². The fourth-order valence-corrected chi connectivity index (χ4v) is 7.59. The first-order chi connectivity index (χ1) is 37.5. The van der Waals surface area contributed by atoms with E-state index in [4.69, 9.17) is 0 Å². The number of hydrogen-bond acceptors (Lipinski definition) is 13. The van der Waals surface area contributed by atoms with Crippen molar-refractivity contribution in [2.75, 3.05) is 0 Å². The summed E-state index contributed by atoms with van der Waals surface area (Å²) in [5.74, 6) is 0. The van der Waals surface area contributed by atoms with E-state index in [9.17, 15) is 0 Å². The minimum Gasteiger partial charge on any atom is -0.261 e. The lowest BCUT2D eigenvalue weighted by molar-refractivity contribution is 1.07. The van der Waals surface area contributed by atoms with Crippen LogP contribution in [0.2, 0.25) is 0 Å². The minimum absolute atomic E-state index is 0.826. The molecule has 14 aromatic rings. The zero-order valence-corrected chi connectivity index (χ0v) is 44.1. The van der Waals surface area contributed by atoms with Gasteiger partial charge in [0.25, 0.3) is 0 Å². The molecule has 10 heterocycles. The van der Waals surface area contributed by atoms with Crippen LogP contribution in [0, 0.1) is 48.5 Å². The summed E-state index contributed by atoms with van der Waals surface area (Å²) in [7, 11) is 0. The molecule has 4 aromatic carbocycles. The molecule has 0 fully saturated rings. The Morgan fingerprint density at radius 2 is 0.766 bits per heavy atom. The molecular weight excluding hydrogens is 951 g/mol. The van der Waals surface area contributed by atoms with Gasteiger partial charge < -0.3 is 0 Å². The van der Waals surface area contributed by atoms with Crippen LogP contribution < -0.4 is 0 Å². The van der Waals surface area contributed by atoms with Gasteiger partial charge in [-0.2, -0.15) is 10.2 Å². The maximum absolute atomic E-state index is 4.26. The van der Waals surface area contributed by atoms with Crippen molar-refractivity contribution >= 4 is 76.7 Å². The molecule has 0 unspecified atom stereocenters. The van der Waals surface area contributed by atoms with Gasteiger partial charge in [0.05, 0.1) is 50.3 Å². The lowest BCUT2D eigenvalue weighted by Crippen LogP contribution is -1.84. The van der Waals surface area contributed by atoms with Gasteiger partial charge in [0.1, 0.15) is 6.33 Å². The highest BCUT2D eigenvalue weighted by atomic mass is 15.1. The summed E-state index contributed by atoms with van der Waals surface area (Å²) in [6.07, 6.45) is 19.4. The minimum atomic E-state index is 0.826. The van der Waals surface area contributed by atoms with Gasteiger partial charge in [0.2, 0.25) is 0 Å². The molecule has 0 aliphatic heterocycles. The van der Waals surface area contributed by atoms with E-state index >= 15 is 0 Å². The summed E-state index contributed by atoms with van der Waals surface area (Å²) >= 11 is 0. The van der Waals surface area contributed by atoms with Crippen LogP contribution >= 0.6 is 0 Å². The van der Waals surface area contributed by atoms with Gasteiger partial charge in [-0.1, -0.05) is 48.5 Å². The SMILES string of the molecule is Cc1cc2ncccc2cn1.Cc1ccc2cccnc2c1.Cc1ccc2cccnc2n1.Cc1ccc2ccnnc2c1.Cc1ccc2cncnc2c1.Cc1ccc2nccnc2c1.Cc1cnc2cccnc2c1. The van der Waals surface area contributed by atoms with E-state index in [1.807, 2.05) is 163 Å². The van der Waals surface area contributed by atoms with Crippen LogP contribution in [-0.4, -0.2) is 65.0 Å². The number of rotatable bonds is 0. The lowest BCUT2D eigenvalue weighted by Gasteiger charge is -1.95. The Labute approximate surface area is 447 Å². The van der Waals surface area contributed by atoms with E-state index < -0.39 is 0 Å². The van der Waals surface area contributed by atoms with Crippen molar-refractivity contribution in [2.45, 2.75) is 48.5 Å². The number of nitrogens with zero attached hydrogens (tertiary/aromatic N) is 13. The topological polar surface area (TPSA) is 168 Å². The monoisotopic (exact) mass is 1010 g/mol. The van der Waals surface area contributed by atoms with E-state index in [1.54, 1.807) is 43.5 Å². The summed E-state index contributed by atoms with van der Waals surface area (Å²) in [4.78, 5) is 45.8. The molecule has 0 bridgehead atoms. The van der Waals surface area contributed by atoms with Crippen molar-refractivity contribution in [1.82, 2.24) is 65.0 Å². The van der Waals surface area contributed by atoms with Crippen molar-refractivity contribution in [2.24, 2.45) is 0 Å². The second kappa shape index (κ2) is 26.8. The van der Waals surface area contributed by atoms with Gasteiger partial charge in [0.15, 0.2) is 5.65 Å². The third-order valence-corrected chi connectivity index (χ3v) is 11.5. The van der Waals surface area contributed by atoms with Gasteiger partial charge in [-0.05, 0) is 179 Å². The maximum atomic E-state index is 4.26. The summed E-state index contributed by atoms with van der Waals surface area (Å²) in [5, 5.41) is 13.4. The molecule has 0 N–H and O–H groups in total. The molecule has 14 rings (SSSR count). The number of fused-ring (bicyclic) bond motifs is 7. The summed E-state index contributed by atoms with van der Waals surface area (Å²) in [6, 6.07) is 50.4. The molecular formula is C64H57N13. The first-order valence-electron chi connectivity index (χ1n) is 24.9. The Hall–Kier alpha value is -10.0. The first-order valence-corrected chi connectivity index (χ1v) is 24.9. The van der Waals surface area contributed by atoms with E-state index in [-0.39, 0.29) is 0 Å². The Kier molecular flexibility index (Phi) is 18.5. The van der Waals surface area contributed by atoms with Crippen molar-refractivity contribution in [1.29, 1.82) is 0 Å². The molecule has 0 spiro atoms. The number of aryl methyl sites for hydroxylation is 7. The third-order valence-electron chi connectivity index (χ3n) is 11.5. The normalized spacial score (nSPS) is 10.3. The highest BCUT2D eigenvalue weighted by Crippen LogP contribution is 2.15. The largest absolute Gasteiger partial charge is 0.261 e. The Morgan fingerprint density at radius 1 is 0.273 bits per heavy atom. The van der Waals surface area contributed by atoms with Crippen molar-refractivity contribution in [3.8, 4) is 0 Å². The van der Waals surface area contributed by atoms with Crippen molar-refractivity contribution in [3.05, 3.63) is 259 Å². The van der Waals surface area contributed by atoms with Crippen LogP contribution in [0.5, 0.6) is 0 Å². The van der Waals surface area contributed by atoms with Crippen LogP contribution in [0.25, 0.3) is 76.7 Å². The number of aromatic nitrogens is 13. The van der Waals surface area contributed by atoms with Crippen LogP contribution in [0.1, 0.15) is 39.2 Å². The maximum Gasteiger partial charge on any atom is 0.159 e. The fraction of sp³-hybridized carbons (Fsp3) is 0.109. The second-order valence-electron chi connectivity index (χ2n) is 18.0. The smallest absolute Gasteiger partial charge is 0.159 e. The predicted molar refractivity (Wildman–Crippen MR) is 312 cm³/mol. The number of benzene rings is 4. The molecule has 378 valence electrons. The molecule has 0 aliphatic rings. The number of pyridine rings is 7. The summed E-state index contributed by atoms with van der Waals surface area (Å²) in [6.45, 7) is 14.2. The molecule has 0 saturated heterocycles. The Balaban J connectivity index is 0.000000119. The fourth-order valence-electron chi connectivity index (χ4n) is 7.59. The highest BCUT2D eigenvalue weighted by molar-refractivity contribution is 5.81. The highest BCUT2D eigenvalue weighted by Gasteiger charge is 1.98. The lowest BCUT2D eigenvalue weighted by atomic mass is 10.1. The molecule has 10 aromatic heterocycles. The van der Waals surface area contributed by atoms with Gasteiger partial charge in [-0.15, -0.1) is 0 Å². The first kappa shape index (κ1) is 53.3. The second-order valence-corrected chi connectivity index (χ2v) is 18.0. The quantitative estimate of drug-likeness (QED) is 0.141. The van der Waals surface area contributed by atoms with Gasteiger partial charge >= 0.3 is 0 Å². The average molecular weight is 1010 g/mol. The van der Waals surface area contributed by atoms with Crippen molar-refractivity contribution < 1.29 is 0 Å². The molecule has 0 aliphatic carbocycles. The Bertz CT molecular complexity index is 3430. The molecule has 0 atom stereocenters. The molecule has 77 heavy (non-hydrogen) atoms. The van der Waals surface area contributed by atoms with Gasteiger partial charge in [-0.25, -0.2) is 19.9 Å². The third kappa shape index (κ3) is 16.0. The van der Waals surface area contributed by atoms with Crippen molar-refractivity contribution in [3.63, 3.8) is 0 Å². The number of hydrogen-bond donors (Lipinski definition) is 0. The Morgan fingerprint density at radius 3 is 1.49 bits per heavy atom. The van der Waals surface area contributed by atoms with Crippen LogP contribution in [-0.2, 0) is 0 Å². The van der Waals surface area contributed by atoms with Crippen LogP contribution in [0.15, 0.2) is 220 Å². The molecule has 0 amide bonds.